The SMILES string of the molecule is CNc1cc(Nc2cccn([C@H]3C[C@@H]3OC)c2=O)nc2c(C(=O)NC3CC[C@H]3OC)cnn12. The van der Waals surface area contributed by atoms with Crippen molar-refractivity contribution in [2.75, 3.05) is 31.9 Å². The van der Waals surface area contributed by atoms with Gasteiger partial charge in [-0.3, -0.25) is 9.59 Å². The molecule has 3 aromatic heterocycles. The summed E-state index contributed by atoms with van der Waals surface area (Å²) in [6.07, 6.45) is 5.95. The fraction of sp³-hybridized carbons (Fsp3) is 0.455. The largest absolute Gasteiger partial charge is 0.379 e. The van der Waals surface area contributed by atoms with Crippen LogP contribution in [0.1, 0.15) is 35.7 Å². The summed E-state index contributed by atoms with van der Waals surface area (Å²) in [4.78, 5) is 30.5. The molecule has 2 saturated carbocycles. The molecule has 5 rings (SSSR count). The van der Waals surface area contributed by atoms with Crippen molar-refractivity contribution >= 4 is 28.9 Å². The first kappa shape index (κ1) is 21.4. The lowest BCUT2D eigenvalue weighted by Gasteiger charge is -2.35. The van der Waals surface area contributed by atoms with Gasteiger partial charge in [0.05, 0.1) is 30.5 Å². The second-order valence-corrected chi connectivity index (χ2v) is 8.34. The maximum atomic E-state index is 13.0. The Hall–Kier alpha value is -3.44. The normalized spacial score (nSPS) is 23.7. The maximum Gasteiger partial charge on any atom is 0.274 e. The van der Waals surface area contributed by atoms with Crippen molar-refractivity contribution in [1.82, 2.24) is 24.5 Å². The molecule has 2 aliphatic rings. The number of nitrogens with zero attached hydrogens (tertiary/aromatic N) is 4. The van der Waals surface area contributed by atoms with Gasteiger partial charge in [-0.2, -0.15) is 9.61 Å². The van der Waals surface area contributed by atoms with Crippen LogP contribution in [0.4, 0.5) is 17.3 Å². The van der Waals surface area contributed by atoms with Crippen LogP contribution >= 0.6 is 0 Å². The first-order chi connectivity index (χ1) is 16.0. The van der Waals surface area contributed by atoms with Crippen LogP contribution in [0.3, 0.4) is 0 Å². The minimum absolute atomic E-state index is 0.0244. The van der Waals surface area contributed by atoms with Gasteiger partial charge in [-0.25, -0.2) is 4.98 Å². The van der Waals surface area contributed by atoms with E-state index in [1.807, 2.05) is 6.07 Å². The highest BCUT2D eigenvalue weighted by Gasteiger charge is 2.39. The van der Waals surface area contributed by atoms with E-state index in [1.165, 1.54) is 6.20 Å². The van der Waals surface area contributed by atoms with Crippen LogP contribution in [0.25, 0.3) is 5.65 Å². The number of methoxy groups -OCH3 is 2. The molecule has 0 saturated heterocycles. The van der Waals surface area contributed by atoms with Gasteiger partial charge in [-0.15, -0.1) is 0 Å². The van der Waals surface area contributed by atoms with Crippen molar-refractivity contribution in [2.45, 2.75) is 43.6 Å². The molecular weight excluding hydrogens is 426 g/mol. The number of fused-ring (bicyclic) bond motifs is 1. The Bertz CT molecular complexity index is 1250. The summed E-state index contributed by atoms with van der Waals surface area (Å²) in [5, 5.41) is 13.5. The molecule has 2 aliphatic carbocycles. The summed E-state index contributed by atoms with van der Waals surface area (Å²) in [6.45, 7) is 0. The zero-order valence-electron chi connectivity index (χ0n) is 18.7. The standard InChI is InChI=1S/C22H27N7O4/c1-23-19-10-18(25-14-5-4-8-28(22(14)31)15-9-17(15)33-3)27-20-12(11-24-29(19)20)21(30)26-13-6-7-16(13)32-2/h4-5,8,10-11,13,15-17,23H,6-7,9H2,1-3H3,(H,25,27)(H,26,30)/t13?,15-,16+,17-/m0/s1. The van der Waals surface area contributed by atoms with Gasteiger partial charge in [-0.05, 0) is 31.4 Å². The number of ether oxygens (including phenoxy) is 2. The molecule has 3 N–H and O–H groups in total. The number of nitrogens with one attached hydrogen (secondary N) is 3. The predicted molar refractivity (Wildman–Crippen MR) is 122 cm³/mol. The Kier molecular flexibility index (Phi) is 5.51. The molecule has 0 bridgehead atoms. The van der Waals surface area contributed by atoms with E-state index in [0.29, 0.717) is 28.5 Å². The van der Waals surface area contributed by atoms with Crippen LogP contribution in [0.5, 0.6) is 0 Å². The van der Waals surface area contributed by atoms with Crippen LogP contribution in [-0.4, -0.2) is 64.6 Å². The van der Waals surface area contributed by atoms with Crippen molar-refractivity contribution in [1.29, 1.82) is 0 Å². The van der Waals surface area contributed by atoms with Crippen LogP contribution < -0.4 is 21.5 Å². The number of pyridine rings is 1. The predicted octanol–water partition coefficient (Wildman–Crippen LogP) is 1.54. The number of aromatic nitrogens is 4. The molecule has 0 aromatic carbocycles. The van der Waals surface area contributed by atoms with Gasteiger partial charge < -0.3 is 30.0 Å². The fourth-order valence-electron chi connectivity index (χ4n) is 4.24. The highest BCUT2D eigenvalue weighted by Crippen LogP contribution is 2.37. The molecule has 1 amide bonds. The van der Waals surface area contributed by atoms with Gasteiger partial charge >= 0.3 is 0 Å². The number of anilines is 3. The topological polar surface area (TPSA) is 124 Å². The number of carbonyl (C=O) groups is 1. The highest BCUT2D eigenvalue weighted by molar-refractivity contribution is 6.00. The molecule has 3 heterocycles. The van der Waals surface area contributed by atoms with E-state index >= 15 is 0 Å². The average Bonchev–Trinajstić information content (AvgIpc) is 3.47. The van der Waals surface area contributed by atoms with Crippen LogP contribution in [0.15, 0.2) is 35.4 Å². The maximum absolute atomic E-state index is 13.0. The molecule has 0 spiro atoms. The summed E-state index contributed by atoms with van der Waals surface area (Å²) >= 11 is 0. The summed E-state index contributed by atoms with van der Waals surface area (Å²) in [7, 11) is 5.05. The third kappa shape index (κ3) is 3.83. The second-order valence-electron chi connectivity index (χ2n) is 8.34. The zero-order valence-corrected chi connectivity index (χ0v) is 18.7. The first-order valence-corrected chi connectivity index (χ1v) is 10.9. The Balaban J connectivity index is 1.45. The van der Waals surface area contributed by atoms with Crippen LogP contribution in [0, 0.1) is 0 Å². The molecule has 1 unspecified atom stereocenters. The third-order valence-electron chi connectivity index (χ3n) is 6.40. The van der Waals surface area contributed by atoms with Crippen molar-refractivity contribution in [3.63, 3.8) is 0 Å². The van der Waals surface area contributed by atoms with E-state index in [1.54, 1.807) is 48.7 Å². The lowest BCUT2D eigenvalue weighted by Crippen LogP contribution is -2.51. The third-order valence-corrected chi connectivity index (χ3v) is 6.40. The summed E-state index contributed by atoms with van der Waals surface area (Å²) < 4.78 is 14.0. The Morgan fingerprint density at radius 1 is 1.21 bits per heavy atom. The van der Waals surface area contributed by atoms with E-state index in [2.05, 4.69) is 26.0 Å². The molecular formula is C22H27N7O4. The Morgan fingerprint density at radius 3 is 2.70 bits per heavy atom. The van der Waals surface area contributed by atoms with Crippen molar-refractivity contribution in [2.24, 2.45) is 0 Å². The Morgan fingerprint density at radius 2 is 2.03 bits per heavy atom. The number of carbonyl (C=O) groups excluding carboxylic acids is 1. The van der Waals surface area contributed by atoms with Gasteiger partial charge in [0.1, 0.15) is 22.9 Å². The van der Waals surface area contributed by atoms with E-state index < -0.39 is 0 Å². The van der Waals surface area contributed by atoms with Crippen molar-refractivity contribution in [3.05, 3.63) is 46.5 Å². The van der Waals surface area contributed by atoms with Crippen LogP contribution in [-0.2, 0) is 9.47 Å². The number of amides is 1. The smallest absolute Gasteiger partial charge is 0.274 e. The quantitative estimate of drug-likeness (QED) is 0.469. The number of hydrogen-bond donors (Lipinski definition) is 3. The lowest BCUT2D eigenvalue weighted by atomic mass is 9.89. The highest BCUT2D eigenvalue weighted by atomic mass is 16.5. The molecule has 4 atom stereocenters. The van der Waals surface area contributed by atoms with E-state index in [9.17, 15) is 9.59 Å². The molecule has 11 nitrogen and oxygen atoms in total. The first-order valence-electron chi connectivity index (χ1n) is 10.9. The van der Waals surface area contributed by atoms with Crippen molar-refractivity contribution in [3.8, 4) is 0 Å². The van der Waals surface area contributed by atoms with Gasteiger partial charge in [0.2, 0.25) is 0 Å². The summed E-state index contributed by atoms with van der Waals surface area (Å²) in [6, 6.07) is 5.28. The molecule has 11 heteroatoms. The second kappa shape index (κ2) is 8.49. The summed E-state index contributed by atoms with van der Waals surface area (Å²) in [5.41, 5.74) is 0.967. The van der Waals surface area contributed by atoms with E-state index in [-0.39, 0.29) is 35.8 Å². The minimum atomic E-state index is -0.259. The molecule has 174 valence electrons. The van der Waals surface area contributed by atoms with E-state index in [0.717, 1.165) is 19.3 Å². The van der Waals surface area contributed by atoms with Gasteiger partial charge in [0.15, 0.2) is 5.65 Å². The van der Waals surface area contributed by atoms with Crippen molar-refractivity contribution < 1.29 is 14.3 Å². The zero-order chi connectivity index (χ0) is 23.1. The number of rotatable bonds is 8. The fourth-order valence-corrected chi connectivity index (χ4v) is 4.24. The minimum Gasteiger partial charge on any atom is -0.379 e. The molecule has 0 radical (unpaired) electrons. The molecule has 2 fully saturated rings. The number of hydrogen-bond acceptors (Lipinski definition) is 8. The summed E-state index contributed by atoms with van der Waals surface area (Å²) in [5.74, 6) is 0.788. The van der Waals surface area contributed by atoms with Crippen LogP contribution in [0.2, 0.25) is 0 Å². The van der Waals surface area contributed by atoms with Gasteiger partial charge in [0, 0.05) is 33.5 Å². The lowest BCUT2D eigenvalue weighted by molar-refractivity contribution is 0.00732. The van der Waals surface area contributed by atoms with Gasteiger partial charge in [0.25, 0.3) is 11.5 Å². The molecule has 3 aromatic rings. The average molecular weight is 454 g/mol. The van der Waals surface area contributed by atoms with Gasteiger partial charge in [-0.1, -0.05) is 0 Å². The molecule has 33 heavy (non-hydrogen) atoms. The monoisotopic (exact) mass is 453 g/mol. The Labute approximate surface area is 190 Å². The molecule has 0 aliphatic heterocycles. The van der Waals surface area contributed by atoms with E-state index in [4.69, 9.17) is 9.47 Å².